The Labute approximate surface area is 119 Å². The number of nitrogens with one attached hydrogen (secondary N) is 1. The molecule has 0 spiro atoms. The molecule has 0 fully saturated rings. The van der Waals surface area contributed by atoms with Crippen molar-refractivity contribution in [2.45, 2.75) is 19.8 Å². The van der Waals surface area contributed by atoms with Crippen LogP contribution in [0.2, 0.25) is 0 Å². The van der Waals surface area contributed by atoms with E-state index in [0.717, 1.165) is 22.8 Å². The maximum Gasteiger partial charge on any atom is 0.139 e. The standard InChI is InChI=1S/C15H21N5/c1-10(2)13-14(16)17-9-18-15(13)19-11-7-5-6-8-12(11)20(3)4/h5-10H,1-4H3,(H3,16,17,18,19). The highest BCUT2D eigenvalue weighted by atomic mass is 15.1. The number of hydrogen-bond donors (Lipinski definition) is 2. The molecule has 0 saturated carbocycles. The topological polar surface area (TPSA) is 67.1 Å². The molecule has 0 bridgehead atoms. The Balaban J connectivity index is 2.43. The van der Waals surface area contributed by atoms with Crippen LogP contribution in [0.1, 0.15) is 25.3 Å². The Morgan fingerprint density at radius 2 is 1.85 bits per heavy atom. The Morgan fingerprint density at radius 3 is 2.50 bits per heavy atom. The fourth-order valence-electron chi connectivity index (χ4n) is 2.17. The minimum atomic E-state index is 0.255. The fourth-order valence-corrected chi connectivity index (χ4v) is 2.17. The van der Waals surface area contributed by atoms with Gasteiger partial charge in [0.05, 0.1) is 11.4 Å². The van der Waals surface area contributed by atoms with E-state index in [1.165, 1.54) is 6.33 Å². The highest BCUT2D eigenvalue weighted by Gasteiger charge is 2.14. The number of nitrogens with two attached hydrogens (primary N) is 1. The molecule has 0 aliphatic carbocycles. The van der Waals surface area contributed by atoms with Crippen LogP contribution < -0.4 is 16.0 Å². The van der Waals surface area contributed by atoms with E-state index < -0.39 is 0 Å². The summed E-state index contributed by atoms with van der Waals surface area (Å²) in [5, 5.41) is 3.37. The van der Waals surface area contributed by atoms with Crippen LogP contribution in [0, 0.1) is 0 Å². The van der Waals surface area contributed by atoms with E-state index in [9.17, 15) is 0 Å². The van der Waals surface area contributed by atoms with Crippen LogP contribution in [0.15, 0.2) is 30.6 Å². The third-order valence-electron chi connectivity index (χ3n) is 3.13. The van der Waals surface area contributed by atoms with Crippen LogP contribution in [-0.2, 0) is 0 Å². The second-order valence-electron chi connectivity index (χ2n) is 5.21. The molecular weight excluding hydrogens is 250 g/mol. The van der Waals surface area contributed by atoms with Crippen molar-refractivity contribution in [1.82, 2.24) is 9.97 Å². The molecule has 0 atom stereocenters. The number of aromatic nitrogens is 2. The first kappa shape index (κ1) is 14.1. The summed E-state index contributed by atoms with van der Waals surface area (Å²) in [6.45, 7) is 4.16. The van der Waals surface area contributed by atoms with Gasteiger partial charge < -0.3 is 16.0 Å². The zero-order chi connectivity index (χ0) is 14.7. The van der Waals surface area contributed by atoms with Crippen molar-refractivity contribution in [2.24, 2.45) is 0 Å². The van der Waals surface area contributed by atoms with Crippen LogP contribution in [-0.4, -0.2) is 24.1 Å². The number of nitrogen functional groups attached to an aromatic ring is 1. The molecule has 0 aliphatic heterocycles. The molecule has 0 amide bonds. The molecule has 2 rings (SSSR count). The molecule has 2 aromatic rings. The lowest BCUT2D eigenvalue weighted by atomic mass is 10.0. The molecule has 1 heterocycles. The second kappa shape index (κ2) is 5.77. The number of anilines is 4. The van der Waals surface area contributed by atoms with Crippen molar-refractivity contribution < 1.29 is 0 Å². The molecular formula is C15H21N5. The lowest BCUT2D eigenvalue weighted by molar-refractivity contribution is 0.855. The van der Waals surface area contributed by atoms with Gasteiger partial charge in [0.1, 0.15) is 18.0 Å². The largest absolute Gasteiger partial charge is 0.383 e. The SMILES string of the molecule is CC(C)c1c(N)ncnc1Nc1ccccc1N(C)C. The maximum atomic E-state index is 5.97. The summed E-state index contributed by atoms with van der Waals surface area (Å²) < 4.78 is 0. The molecule has 1 aromatic heterocycles. The van der Waals surface area contributed by atoms with Gasteiger partial charge in [0.25, 0.3) is 0 Å². The summed E-state index contributed by atoms with van der Waals surface area (Å²) >= 11 is 0. The third kappa shape index (κ3) is 2.82. The number of hydrogen-bond acceptors (Lipinski definition) is 5. The fraction of sp³-hybridized carbons (Fsp3) is 0.333. The minimum absolute atomic E-state index is 0.255. The van der Waals surface area contributed by atoms with Gasteiger partial charge in [-0.2, -0.15) is 0 Å². The van der Waals surface area contributed by atoms with Gasteiger partial charge in [-0.1, -0.05) is 26.0 Å². The number of para-hydroxylation sites is 2. The summed E-state index contributed by atoms with van der Waals surface area (Å²) in [6.07, 6.45) is 1.49. The number of rotatable bonds is 4. The van der Waals surface area contributed by atoms with Gasteiger partial charge in [0.15, 0.2) is 0 Å². The van der Waals surface area contributed by atoms with Crippen LogP contribution in [0.3, 0.4) is 0 Å². The van der Waals surface area contributed by atoms with Crippen LogP contribution in [0.5, 0.6) is 0 Å². The third-order valence-corrected chi connectivity index (χ3v) is 3.13. The van der Waals surface area contributed by atoms with Crippen molar-refractivity contribution in [3.8, 4) is 0 Å². The Bertz CT molecular complexity index is 593. The van der Waals surface area contributed by atoms with Crippen LogP contribution in [0.25, 0.3) is 0 Å². The van der Waals surface area contributed by atoms with Crippen molar-refractivity contribution in [2.75, 3.05) is 30.0 Å². The van der Waals surface area contributed by atoms with Gasteiger partial charge in [-0.3, -0.25) is 0 Å². The van der Waals surface area contributed by atoms with Gasteiger partial charge in [-0.15, -0.1) is 0 Å². The number of benzene rings is 1. The highest BCUT2D eigenvalue weighted by molar-refractivity contribution is 5.75. The zero-order valence-corrected chi connectivity index (χ0v) is 12.4. The molecule has 0 saturated heterocycles. The Morgan fingerprint density at radius 1 is 1.15 bits per heavy atom. The molecule has 1 aromatic carbocycles. The minimum Gasteiger partial charge on any atom is -0.383 e. The van der Waals surface area contributed by atoms with Crippen molar-refractivity contribution in [1.29, 1.82) is 0 Å². The molecule has 5 nitrogen and oxygen atoms in total. The van der Waals surface area contributed by atoms with Crippen molar-refractivity contribution >= 4 is 23.0 Å². The molecule has 20 heavy (non-hydrogen) atoms. The first-order valence-electron chi connectivity index (χ1n) is 6.64. The molecule has 5 heteroatoms. The highest BCUT2D eigenvalue weighted by Crippen LogP contribution is 2.32. The van der Waals surface area contributed by atoms with E-state index in [1.54, 1.807) is 0 Å². The smallest absolute Gasteiger partial charge is 0.139 e. The lowest BCUT2D eigenvalue weighted by Gasteiger charge is -2.20. The van der Waals surface area contributed by atoms with Gasteiger partial charge in [0, 0.05) is 19.7 Å². The predicted octanol–water partition coefficient (Wildman–Crippen LogP) is 2.99. The Kier molecular flexibility index (Phi) is 4.08. The van der Waals surface area contributed by atoms with E-state index in [0.29, 0.717) is 5.82 Å². The summed E-state index contributed by atoms with van der Waals surface area (Å²) in [4.78, 5) is 10.5. The molecule has 0 unspecified atom stereocenters. The van der Waals surface area contributed by atoms with Gasteiger partial charge >= 0.3 is 0 Å². The monoisotopic (exact) mass is 271 g/mol. The maximum absolute atomic E-state index is 5.97. The van der Waals surface area contributed by atoms with E-state index >= 15 is 0 Å². The van der Waals surface area contributed by atoms with Gasteiger partial charge in [0.2, 0.25) is 0 Å². The predicted molar refractivity (Wildman–Crippen MR) is 84.6 cm³/mol. The molecule has 106 valence electrons. The van der Waals surface area contributed by atoms with E-state index in [4.69, 9.17) is 5.73 Å². The number of nitrogens with zero attached hydrogens (tertiary/aromatic N) is 3. The second-order valence-corrected chi connectivity index (χ2v) is 5.21. The van der Waals surface area contributed by atoms with E-state index in [1.807, 2.05) is 32.3 Å². The van der Waals surface area contributed by atoms with Gasteiger partial charge in [-0.05, 0) is 18.1 Å². The lowest BCUT2D eigenvalue weighted by Crippen LogP contribution is -2.12. The molecule has 3 N–H and O–H groups in total. The normalized spacial score (nSPS) is 10.7. The average molecular weight is 271 g/mol. The summed E-state index contributed by atoms with van der Waals surface area (Å²) in [5.41, 5.74) is 9.01. The van der Waals surface area contributed by atoms with E-state index in [2.05, 4.69) is 40.1 Å². The van der Waals surface area contributed by atoms with Crippen molar-refractivity contribution in [3.05, 3.63) is 36.2 Å². The summed E-state index contributed by atoms with van der Waals surface area (Å²) in [5.74, 6) is 1.55. The average Bonchev–Trinajstić information content (AvgIpc) is 2.38. The molecule has 0 aliphatic rings. The van der Waals surface area contributed by atoms with Crippen LogP contribution in [0.4, 0.5) is 23.0 Å². The molecule has 0 radical (unpaired) electrons. The zero-order valence-electron chi connectivity index (χ0n) is 12.4. The van der Waals surface area contributed by atoms with Crippen LogP contribution >= 0.6 is 0 Å². The first-order valence-corrected chi connectivity index (χ1v) is 6.64. The van der Waals surface area contributed by atoms with E-state index in [-0.39, 0.29) is 5.92 Å². The van der Waals surface area contributed by atoms with Crippen molar-refractivity contribution in [3.63, 3.8) is 0 Å². The Hall–Kier alpha value is -2.30. The summed E-state index contributed by atoms with van der Waals surface area (Å²) in [6, 6.07) is 8.09. The first-order chi connectivity index (χ1) is 9.50. The quantitative estimate of drug-likeness (QED) is 0.894. The summed E-state index contributed by atoms with van der Waals surface area (Å²) in [7, 11) is 4.02. The van der Waals surface area contributed by atoms with Gasteiger partial charge in [-0.25, -0.2) is 9.97 Å².